The fourth-order valence-electron chi connectivity index (χ4n) is 2.92. The number of carbonyl (C=O) groups excluding carboxylic acids is 2. The number of amides is 1. The molecule has 1 atom stereocenters. The first-order valence-corrected chi connectivity index (χ1v) is 8.54. The molecule has 0 aliphatic carbocycles. The maximum Gasteiger partial charge on any atom is 0.290 e. The van der Waals surface area contributed by atoms with Gasteiger partial charge in [-0.1, -0.05) is 6.07 Å². The van der Waals surface area contributed by atoms with Gasteiger partial charge in [-0.05, 0) is 50.5 Å². The van der Waals surface area contributed by atoms with E-state index in [2.05, 4.69) is 4.98 Å². The molecule has 0 saturated carbocycles. The fraction of sp³-hybridized carbons (Fsp3) is 0.250. The van der Waals surface area contributed by atoms with E-state index in [0.717, 1.165) is 0 Å². The summed E-state index contributed by atoms with van der Waals surface area (Å²) < 4.78 is 5.18. The molecule has 1 aliphatic heterocycles. The van der Waals surface area contributed by atoms with Gasteiger partial charge < -0.3 is 19.3 Å². The normalized spacial score (nSPS) is 17.5. The second kappa shape index (κ2) is 8.01. The number of nitrogens with zero attached hydrogens (tertiary/aromatic N) is 3. The molecule has 2 aromatic rings. The summed E-state index contributed by atoms with van der Waals surface area (Å²) in [6.45, 7) is 0.946. The van der Waals surface area contributed by atoms with Gasteiger partial charge in [-0.2, -0.15) is 0 Å². The van der Waals surface area contributed by atoms with Crippen LogP contribution in [0.4, 0.5) is 0 Å². The van der Waals surface area contributed by atoms with Crippen molar-refractivity contribution in [1.29, 1.82) is 0 Å². The number of aliphatic hydroxyl groups is 1. The summed E-state index contributed by atoms with van der Waals surface area (Å²) in [4.78, 5) is 33.1. The van der Waals surface area contributed by atoms with E-state index >= 15 is 0 Å². The van der Waals surface area contributed by atoms with Crippen molar-refractivity contribution in [2.45, 2.75) is 6.04 Å². The van der Waals surface area contributed by atoms with Gasteiger partial charge in [0.25, 0.3) is 5.91 Å². The van der Waals surface area contributed by atoms with E-state index < -0.39 is 23.5 Å². The van der Waals surface area contributed by atoms with E-state index in [0.29, 0.717) is 24.5 Å². The summed E-state index contributed by atoms with van der Waals surface area (Å²) in [6, 6.07) is 7.96. The molecular formula is C20H21N3O4. The van der Waals surface area contributed by atoms with Gasteiger partial charge in [-0.15, -0.1) is 0 Å². The SMILES string of the molecule is CN(C)CCN1C(=O)C(O)=C(C(=O)/C=C/c2ccco2)[C@@H]1c1ccccn1. The van der Waals surface area contributed by atoms with Crippen LogP contribution < -0.4 is 0 Å². The molecule has 0 spiro atoms. The molecule has 1 N–H and O–H groups in total. The maximum atomic E-state index is 12.8. The number of carbonyl (C=O) groups is 2. The van der Waals surface area contributed by atoms with Crippen LogP contribution in [0.2, 0.25) is 0 Å². The topological polar surface area (TPSA) is 86.9 Å². The molecule has 0 saturated heterocycles. The van der Waals surface area contributed by atoms with Crippen LogP contribution in [0.15, 0.2) is 64.6 Å². The van der Waals surface area contributed by atoms with Gasteiger partial charge in [0.1, 0.15) is 11.8 Å². The maximum absolute atomic E-state index is 12.8. The Kier molecular flexibility index (Phi) is 5.52. The lowest BCUT2D eigenvalue weighted by molar-refractivity contribution is -0.129. The lowest BCUT2D eigenvalue weighted by atomic mass is 9.99. The van der Waals surface area contributed by atoms with Crippen molar-refractivity contribution in [2.24, 2.45) is 0 Å². The van der Waals surface area contributed by atoms with Crippen molar-refractivity contribution in [1.82, 2.24) is 14.8 Å². The second-order valence-corrected chi connectivity index (χ2v) is 6.43. The summed E-state index contributed by atoms with van der Waals surface area (Å²) in [7, 11) is 3.78. The Morgan fingerprint density at radius 1 is 1.33 bits per heavy atom. The summed E-state index contributed by atoms with van der Waals surface area (Å²) in [5.41, 5.74) is 0.559. The minimum Gasteiger partial charge on any atom is -0.503 e. The monoisotopic (exact) mass is 367 g/mol. The largest absolute Gasteiger partial charge is 0.503 e. The highest BCUT2D eigenvalue weighted by Crippen LogP contribution is 2.36. The van der Waals surface area contributed by atoms with E-state index in [9.17, 15) is 14.7 Å². The molecule has 2 aromatic heterocycles. The fourth-order valence-corrected chi connectivity index (χ4v) is 2.92. The lowest BCUT2D eigenvalue weighted by Crippen LogP contribution is -2.36. The quantitative estimate of drug-likeness (QED) is 0.755. The van der Waals surface area contributed by atoms with Gasteiger partial charge in [0.05, 0.1) is 17.5 Å². The first-order valence-electron chi connectivity index (χ1n) is 8.54. The van der Waals surface area contributed by atoms with E-state index in [1.807, 2.05) is 19.0 Å². The Bertz CT molecular complexity index is 870. The van der Waals surface area contributed by atoms with Crippen LogP contribution in [0.1, 0.15) is 17.5 Å². The number of rotatable bonds is 7. The zero-order valence-corrected chi connectivity index (χ0v) is 15.2. The summed E-state index contributed by atoms with van der Waals surface area (Å²) in [5, 5.41) is 10.4. The Morgan fingerprint density at radius 2 is 2.15 bits per heavy atom. The molecule has 0 unspecified atom stereocenters. The second-order valence-electron chi connectivity index (χ2n) is 6.43. The number of hydrogen-bond donors (Lipinski definition) is 1. The Morgan fingerprint density at radius 3 is 2.78 bits per heavy atom. The third-order valence-electron chi connectivity index (χ3n) is 4.27. The molecular weight excluding hydrogens is 346 g/mol. The first-order chi connectivity index (χ1) is 13.0. The minimum atomic E-state index is -0.729. The molecule has 3 rings (SSSR count). The third-order valence-corrected chi connectivity index (χ3v) is 4.27. The minimum absolute atomic E-state index is 0.0280. The lowest BCUT2D eigenvalue weighted by Gasteiger charge is -2.27. The van der Waals surface area contributed by atoms with Crippen LogP contribution in [0.3, 0.4) is 0 Å². The first kappa shape index (κ1) is 18.6. The van der Waals surface area contributed by atoms with Gasteiger partial charge in [-0.25, -0.2) is 0 Å². The molecule has 0 fully saturated rings. The Balaban J connectivity index is 1.95. The van der Waals surface area contributed by atoms with Gasteiger partial charge in [0.2, 0.25) is 0 Å². The van der Waals surface area contributed by atoms with Crippen molar-refractivity contribution < 1.29 is 19.1 Å². The highest BCUT2D eigenvalue weighted by molar-refractivity contribution is 6.14. The zero-order chi connectivity index (χ0) is 19.4. The van der Waals surface area contributed by atoms with Crippen molar-refractivity contribution in [3.63, 3.8) is 0 Å². The molecule has 7 nitrogen and oxygen atoms in total. The smallest absolute Gasteiger partial charge is 0.290 e. The molecule has 0 bridgehead atoms. The standard InChI is InChI=1S/C20H21N3O4/c1-22(2)11-12-23-18(15-7-3-4-10-21-15)17(19(25)20(23)26)16(24)9-8-14-6-5-13-27-14/h3-10,13,18,25H,11-12H2,1-2H3/b9-8+/t18-/m0/s1. The number of furan rings is 1. The number of aliphatic hydroxyl groups excluding tert-OH is 1. The molecule has 7 heteroatoms. The van der Waals surface area contributed by atoms with Gasteiger partial charge in [-0.3, -0.25) is 14.6 Å². The highest BCUT2D eigenvalue weighted by atomic mass is 16.3. The summed E-state index contributed by atoms with van der Waals surface area (Å²) >= 11 is 0. The number of ketones is 1. The van der Waals surface area contributed by atoms with Crippen LogP contribution >= 0.6 is 0 Å². The van der Waals surface area contributed by atoms with Crippen molar-refractivity contribution in [2.75, 3.05) is 27.2 Å². The summed E-state index contributed by atoms with van der Waals surface area (Å²) in [5.74, 6) is -1.05. The van der Waals surface area contributed by atoms with Gasteiger partial charge in [0.15, 0.2) is 11.5 Å². The number of likely N-dealkylation sites (N-methyl/N-ethyl adjacent to an activating group) is 1. The van der Waals surface area contributed by atoms with Gasteiger partial charge >= 0.3 is 0 Å². The molecule has 0 radical (unpaired) electrons. The van der Waals surface area contributed by atoms with Crippen LogP contribution in [0, 0.1) is 0 Å². The molecule has 3 heterocycles. The molecule has 0 aromatic carbocycles. The Hall–Kier alpha value is -3.19. The van der Waals surface area contributed by atoms with Crippen molar-refractivity contribution in [3.8, 4) is 0 Å². The van der Waals surface area contributed by atoms with E-state index in [-0.39, 0.29) is 5.57 Å². The number of allylic oxidation sites excluding steroid dienone is 1. The number of pyridine rings is 1. The van der Waals surface area contributed by atoms with E-state index in [4.69, 9.17) is 4.42 Å². The predicted molar refractivity (Wildman–Crippen MR) is 99.6 cm³/mol. The number of aromatic nitrogens is 1. The van der Waals surface area contributed by atoms with Gasteiger partial charge in [0, 0.05) is 19.3 Å². The molecule has 1 aliphatic rings. The predicted octanol–water partition coefficient (Wildman–Crippen LogP) is 2.21. The molecule has 1 amide bonds. The van der Waals surface area contributed by atoms with Crippen molar-refractivity contribution >= 4 is 17.8 Å². The number of hydrogen-bond acceptors (Lipinski definition) is 6. The van der Waals surface area contributed by atoms with Crippen LogP contribution in [0.5, 0.6) is 0 Å². The Labute approximate surface area is 157 Å². The third kappa shape index (κ3) is 3.98. The van der Waals surface area contributed by atoms with Crippen molar-refractivity contribution in [3.05, 3.63) is 71.7 Å². The average molecular weight is 367 g/mol. The van der Waals surface area contributed by atoms with Crippen LogP contribution in [-0.4, -0.2) is 58.8 Å². The van der Waals surface area contributed by atoms with Crippen LogP contribution in [-0.2, 0) is 9.59 Å². The molecule has 27 heavy (non-hydrogen) atoms. The average Bonchev–Trinajstić information content (AvgIpc) is 3.26. The van der Waals surface area contributed by atoms with Crippen LogP contribution in [0.25, 0.3) is 6.08 Å². The zero-order valence-electron chi connectivity index (χ0n) is 15.2. The molecule has 140 valence electrons. The van der Waals surface area contributed by atoms with E-state index in [1.54, 1.807) is 36.5 Å². The summed E-state index contributed by atoms with van der Waals surface area (Å²) in [6.07, 6.45) is 5.90. The highest BCUT2D eigenvalue weighted by Gasteiger charge is 2.43. The van der Waals surface area contributed by atoms with E-state index in [1.165, 1.54) is 23.3 Å².